The second kappa shape index (κ2) is 6.99. The Morgan fingerprint density at radius 2 is 1.97 bits per heavy atom. The number of rotatable bonds is 5. The molecule has 5 rings (SSSR count). The molecule has 0 atom stereocenters. The minimum Gasteiger partial charge on any atom is -0.370 e. The standard InChI is InChI=1S/C21H18N6O2/c22-19(28)17-8-4-7-16-18(24-12-27(16)17)21-25-15-11-29-10-14(15)20(26-21)23-9-13-5-2-1-3-6-13/h1-8,12H,9-11H2,(H2,22,28)(H,23,25,26). The summed E-state index contributed by atoms with van der Waals surface area (Å²) in [7, 11) is 0. The summed E-state index contributed by atoms with van der Waals surface area (Å²) in [6.45, 7) is 1.55. The largest absolute Gasteiger partial charge is 0.370 e. The monoisotopic (exact) mass is 386 g/mol. The predicted octanol–water partition coefficient (Wildman–Crippen LogP) is 2.53. The van der Waals surface area contributed by atoms with E-state index in [1.54, 1.807) is 22.9 Å². The SMILES string of the molecule is NC(=O)c1cccc2c(-c3nc4c(c(NCc5ccccc5)n3)COC4)ncn12. The highest BCUT2D eigenvalue weighted by Crippen LogP contribution is 2.29. The van der Waals surface area contributed by atoms with E-state index in [2.05, 4.69) is 27.4 Å². The van der Waals surface area contributed by atoms with Gasteiger partial charge in [-0.05, 0) is 17.7 Å². The summed E-state index contributed by atoms with van der Waals surface area (Å²) in [4.78, 5) is 25.6. The molecule has 1 amide bonds. The number of aromatic nitrogens is 4. The van der Waals surface area contributed by atoms with Gasteiger partial charge in [-0.25, -0.2) is 15.0 Å². The Balaban J connectivity index is 1.57. The first-order chi connectivity index (χ1) is 14.2. The molecule has 8 nitrogen and oxygen atoms in total. The number of nitrogens with one attached hydrogen (secondary N) is 1. The molecular formula is C21H18N6O2. The average molecular weight is 386 g/mol. The van der Waals surface area contributed by atoms with Crippen molar-refractivity contribution in [3.63, 3.8) is 0 Å². The molecule has 1 aromatic carbocycles. The third-order valence-corrected chi connectivity index (χ3v) is 4.92. The molecule has 0 bridgehead atoms. The molecule has 3 aromatic heterocycles. The molecule has 1 aliphatic heterocycles. The molecule has 0 unspecified atom stereocenters. The summed E-state index contributed by atoms with van der Waals surface area (Å²) in [5.74, 6) is 0.695. The number of hydrogen-bond donors (Lipinski definition) is 2. The Hall–Kier alpha value is -3.78. The van der Waals surface area contributed by atoms with Crippen molar-refractivity contribution < 1.29 is 9.53 Å². The van der Waals surface area contributed by atoms with Crippen molar-refractivity contribution in [3.8, 4) is 11.5 Å². The van der Waals surface area contributed by atoms with Crippen LogP contribution in [0.2, 0.25) is 0 Å². The molecule has 0 saturated heterocycles. The number of amides is 1. The summed E-state index contributed by atoms with van der Waals surface area (Å²) >= 11 is 0. The van der Waals surface area contributed by atoms with Crippen molar-refractivity contribution in [1.82, 2.24) is 19.4 Å². The van der Waals surface area contributed by atoms with Crippen LogP contribution in [0, 0.1) is 0 Å². The number of carbonyl (C=O) groups is 1. The summed E-state index contributed by atoms with van der Waals surface area (Å²) in [6, 6.07) is 15.4. The number of nitrogens with two attached hydrogens (primary N) is 1. The maximum Gasteiger partial charge on any atom is 0.265 e. The maximum atomic E-state index is 11.7. The highest BCUT2D eigenvalue weighted by atomic mass is 16.5. The predicted molar refractivity (Wildman–Crippen MR) is 107 cm³/mol. The van der Waals surface area contributed by atoms with Gasteiger partial charge in [0.2, 0.25) is 0 Å². The van der Waals surface area contributed by atoms with Gasteiger partial charge >= 0.3 is 0 Å². The normalized spacial score (nSPS) is 12.8. The number of nitrogens with zero attached hydrogens (tertiary/aromatic N) is 4. The molecule has 29 heavy (non-hydrogen) atoms. The molecule has 4 heterocycles. The zero-order valence-corrected chi connectivity index (χ0v) is 15.5. The van der Waals surface area contributed by atoms with Gasteiger partial charge in [0.1, 0.15) is 23.5 Å². The molecule has 4 aromatic rings. The Labute approximate surface area is 166 Å². The Morgan fingerprint density at radius 3 is 2.79 bits per heavy atom. The van der Waals surface area contributed by atoms with Crippen molar-refractivity contribution >= 4 is 17.2 Å². The summed E-state index contributed by atoms with van der Waals surface area (Å²) in [6.07, 6.45) is 1.56. The van der Waals surface area contributed by atoms with Crippen LogP contribution in [-0.2, 0) is 24.5 Å². The van der Waals surface area contributed by atoms with E-state index in [0.717, 1.165) is 22.6 Å². The van der Waals surface area contributed by atoms with Crippen LogP contribution in [0.4, 0.5) is 5.82 Å². The number of fused-ring (bicyclic) bond motifs is 2. The lowest BCUT2D eigenvalue weighted by molar-refractivity contribution is 0.0994. The lowest BCUT2D eigenvalue weighted by Crippen LogP contribution is -2.14. The fourth-order valence-corrected chi connectivity index (χ4v) is 3.48. The number of ether oxygens (including phenoxy) is 1. The zero-order chi connectivity index (χ0) is 19.8. The number of pyridine rings is 1. The van der Waals surface area contributed by atoms with Crippen molar-refractivity contribution in [2.24, 2.45) is 5.73 Å². The zero-order valence-electron chi connectivity index (χ0n) is 15.5. The number of primary amides is 1. The Kier molecular flexibility index (Phi) is 4.18. The third-order valence-electron chi connectivity index (χ3n) is 4.92. The Bertz CT molecular complexity index is 1220. The van der Waals surface area contributed by atoms with Crippen LogP contribution in [0.3, 0.4) is 0 Å². The third kappa shape index (κ3) is 3.09. The summed E-state index contributed by atoms with van der Waals surface area (Å²) in [5.41, 5.74) is 10.1. The van der Waals surface area contributed by atoms with E-state index in [9.17, 15) is 4.79 Å². The smallest absolute Gasteiger partial charge is 0.265 e. The molecule has 0 fully saturated rings. The van der Waals surface area contributed by atoms with E-state index in [1.807, 2.05) is 24.3 Å². The van der Waals surface area contributed by atoms with E-state index in [-0.39, 0.29) is 0 Å². The van der Waals surface area contributed by atoms with E-state index in [0.29, 0.717) is 42.5 Å². The highest BCUT2D eigenvalue weighted by Gasteiger charge is 2.22. The molecule has 8 heteroatoms. The number of imidazole rings is 1. The van der Waals surface area contributed by atoms with Crippen LogP contribution in [-0.4, -0.2) is 25.3 Å². The van der Waals surface area contributed by atoms with Crippen molar-refractivity contribution in [3.05, 3.63) is 77.4 Å². The van der Waals surface area contributed by atoms with Crippen LogP contribution in [0.25, 0.3) is 17.0 Å². The van der Waals surface area contributed by atoms with Crippen molar-refractivity contribution in [2.45, 2.75) is 19.8 Å². The molecule has 0 radical (unpaired) electrons. The second-order valence-corrected chi connectivity index (χ2v) is 6.78. The molecule has 144 valence electrons. The molecule has 1 aliphatic rings. The number of benzene rings is 1. The van der Waals surface area contributed by atoms with Crippen molar-refractivity contribution in [1.29, 1.82) is 0 Å². The first-order valence-electron chi connectivity index (χ1n) is 9.22. The molecule has 0 saturated carbocycles. The Morgan fingerprint density at radius 1 is 1.10 bits per heavy atom. The van der Waals surface area contributed by atoms with Crippen molar-refractivity contribution in [2.75, 3.05) is 5.32 Å². The summed E-state index contributed by atoms with van der Waals surface area (Å²) < 4.78 is 7.24. The lowest BCUT2D eigenvalue weighted by Gasteiger charge is -2.11. The van der Waals surface area contributed by atoms with Gasteiger partial charge in [-0.3, -0.25) is 9.20 Å². The minimum atomic E-state index is -0.520. The molecule has 0 aliphatic carbocycles. The quantitative estimate of drug-likeness (QED) is 0.546. The van der Waals surface area contributed by atoms with E-state index in [4.69, 9.17) is 15.5 Å². The molecular weight excluding hydrogens is 368 g/mol. The maximum absolute atomic E-state index is 11.7. The van der Waals surface area contributed by atoms with Gasteiger partial charge in [0.05, 0.1) is 24.4 Å². The van der Waals surface area contributed by atoms with Gasteiger partial charge in [-0.2, -0.15) is 0 Å². The van der Waals surface area contributed by atoms with Gasteiger partial charge < -0.3 is 15.8 Å². The van der Waals surface area contributed by atoms with Gasteiger partial charge in [-0.1, -0.05) is 36.4 Å². The topological polar surface area (TPSA) is 107 Å². The highest BCUT2D eigenvalue weighted by molar-refractivity contribution is 5.92. The van der Waals surface area contributed by atoms with Crippen LogP contribution >= 0.6 is 0 Å². The fourth-order valence-electron chi connectivity index (χ4n) is 3.48. The lowest BCUT2D eigenvalue weighted by atomic mass is 10.2. The second-order valence-electron chi connectivity index (χ2n) is 6.78. The van der Waals surface area contributed by atoms with Crippen LogP contribution in [0.5, 0.6) is 0 Å². The van der Waals surface area contributed by atoms with Gasteiger partial charge in [0.25, 0.3) is 5.91 Å². The van der Waals surface area contributed by atoms with Gasteiger partial charge in [-0.15, -0.1) is 0 Å². The van der Waals surface area contributed by atoms with E-state index < -0.39 is 5.91 Å². The van der Waals surface area contributed by atoms with Crippen LogP contribution < -0.4 is 11.1 Å². The van der Waals surface area contributed by atoms with Crippen LogP contribution in [0.15, 0.2) is 54.9 Å². The van der Waals surface area contributed by atoms with E-state index >= 15 is 0 Å². The fraction of sp³-hybridized carbons (Fsp3) is 0.143. The first kappa shape index (κ1) is 17.3. The molecule has 3 N–H and O–H groups in total. The first-order valence-corrected chi connectivity index (χ1v) is 9.22. The summed E-state index contributed by atoms with van der Waals surface area (Å²) in [5, 5.41) is 3.40. The van der Waals surface area contributed by atoms with Crippen LogP contribution in [0.1, 0.15) is 27.3 Å². The minimum absolute atomic E-state index is 0.355. The van der Waals surface area contributed by atoms with Gasteiger partial charge in [0, 0.05) is 12.1 Å². The van der Waals surface area contributed by atoms with E-state index in [1.165, 1.54) is 0 Å². The average Bonchev–Trinajstić information content (AvgIpc) is 3.39. The number of hydrogen-bond acceptors (Lipinski definition) is 6. The molecule has 0 spiro atoms. The van der Waals surface area contributed by atoms with Gasteiger partial charge in [0.15, 0.2) is 5.82 Å². The number of anilines is 1. The number of carbonyl (C=O) groups excluding carboxylic acids is 1.